The molecule has 0 saturated heterocycles. The summed E-state index contributed by atoms with van der Waals surface area (Å²) in [7, 11) is 6.54. The molecule has 0 aliphatic rings. The first-order chi connectivity index (χ1) is 6.48. The molecule has 0 heterocycles. The van der Waals surface area contributed by atoms with E-state index in [0.717, 1.165) is 4.48 Å². The number of carbonyl (C=O) groups excluding carboxylic acids is 1. The van der Waals surface area contributed by atoms with E-state index < -0.39 is 5.97 Å². The molecule has 3 nitrogen and oxygen atoms in total. The summed E-state index contributed by atoms with van der Waals surface area (Å²) in [6.45, 7) is 9.42. The lowest BCUT2D eigenvalue weighted by molar-refractivity contribution is -0.868. The third kappa shape index (κ3) is 24.7. The third-order valence-electron chi connectivity index (χ3n) is 2.03. The number of carboxylic acids is 1. The number of aliphatic carboxylic acids is 1. The topological polar surface area (TPSA) is 40.1 Å². The Bertz CT molecular complexity index is 175. The minimum atomic E-state index is -0.954. The molecule has 15 heavy (non-hydrogen) atoms. The molecule has 0 aromatic carbocycles. The standard InChI is InChI=1S/C7H14O2.C5H14N/c1-7(2,3)5-4-6(8)9;1-5-6(2,3)4/h4-5H2,1-3H3,(H,8,9);5H2,1-4H3/q;+1/p-1. The van der Waals surface area contributed by atoms with Crippen molar-refractivity contribution in [3.05, 3.63) is 0 Å². The predicted molar refractivity (Wildman–Crippen MR) is 62.3 cm³/mol. The molecule has 0 aromatic rings. The minimum Gasteiger partial charge on any atom is -0.550 e. The largest absolute Gasteiger partial charge is 0.550 e. The van der Waals surface area contributed by atoms with Gasteiger partial charge in [-0.1, -0.05) is 20.8 Å². The third-order valence-corrected chi connectivity index (χ3v) is 2.03. The van der Waals surface area contributed by atoms with E-state index >= 15 is 0 Å². The maximum atomic E-state index is 9.93. The van der Waals surface area contributed by atoms with Crippen molar-refractivity contribution in [2.45, 2.75) is 40.5 Å². The Morgan fingerprint density at radius 1 is 1.20 bits per heavy atom. The van der Waals surface area contributed by atoms with Gasteiger partial charge in [0.1, 0.15) is 0 Å². The van der Waals surface area contributed by atoms with Gasteiger partial charge in [-0.3, -0.25) is 0 Å². The van der Waals surface area contributed by atoms with Gasteiger partial charge in [-0.05, 0) is 25.2 Å². The van der Waals surface area contributed by atoms with Gasteiger partial charge in [0, 0.05) is 5.97 Å². The molecule has 0 atom stereocenters. The Morgan fingerprint density at radius 3 is 1.60 bits per heavy atom. The van der Waals surface area contributed by atoms with Crippen LogP contribution in [0.2, 0.25) is 0 Å². The zero-order valence-electron chi connectivity index (χ0n) is 11.4. The van der Waals surface area contributed by atoms with Gasteiger partial charge >= 0.3 is 0 Å². The molecule has 0 N–H and O–H groups in total. The van der Waals surface area contributed by atoms with Crippen molar-refractivity contribution < 1.29 is 14.4 Å². The van der Waals surface area contributed by atoms with E-state index in [1.807, 2.05) is 20.8 Å². The van der Waals surface area contributed by atoms with Crippen LogP contribution >= 0.6 is 0 Å². The van der Waals surface area contributed by atoms with Gasteiger partial charge in [0.15, 0.2) is 0 Å². The van der Waals surface area contributed by atoms with E-state index in [0.29, 0.717) is 6.42 Å². The highest BCUT2D eigenvalue weighted by Gasteiger charge is 2.08. The normalized spacial score (nSPS) is 11.7. The zero-order valence-corrected chi connectivity index (χ0v) is 11.4. The lowest BCUT2D eigenvalue weighted by Crippen LogP contribution is -2.33. The SMILES string of the molecule is CC(C)(C)CCC(=O)[O-].CC[N+](C)(C)C. The second kappa shape index (κ2) is 6.83. The zero-order chi connectivity index (χ0) is 12.7. The van der Waals surface area contributed by atoms with E-state index in [2.05, 4.69) is 28.1 Å². The van der Waals surface area contributed by atoms with Gasteiger partial charge in [0.25, 0.3) is 0 Å². The second-order valence-corrected chi connectivity index (χ2v) is 6.04. The van der Waals surface area contributed by atoms with Crippen LogP contribution in [0.5, 0.6) is 0 Å². The maximum absolute atomic E-state index is 9.93. The fourth-order valence-electron chi connectivity index (χ4n) is 0.477. The average Bonchev–Trinajstić information content (AvgIpc) is 2.00. The van der Waals surface area contributed by atoms with Crippen LogP contribution in [0.25, 0.3) is 0 Å². The molecule has 0 aliphatic carbocycles. The molecule has 0 radical (unpaired) electrons. The van der Waals surface area contributed by atoms with E-state index in [1.165, 1.54) is 6.54 Å². The summed E-state index contributed by atoms with van der Waals surface area (Å²) in [6.07, 6.45) is 0.860. The molecular weight excluding hydrogens is 190 g/mol. The predicted octanol–water partition coefficient (Wildman–Crippen LogP) is 1.28. The number of hydrogen-bond donors (Lipinski definition) is 0. The van der Waals surface area contributed by atoms with Crippen molar-refractivity contribution in [2.75, 3.05) is 27.7 Å². The first-order valence-corrected chi connectivity index (χ1v) is 5.48. The number of nitrogens with zero attached hydrogens (tertiary/aromatic N) is 1. The van der Waals surface area contributed by atoms with Crippen molar-refractivity contribution >= 4 is 5.97 Å². The van der Waals surface area contributed by atoms with Crippen LogP contribution in [0.3, 0.4) is 0 Å². The molecule has 0 fully saturated rings. The number of carbonyl (C=O) groups is 1. The van der Waals surface area contributed by atoms with E-state index in [1.54, 1.807) is 0 Å². The molecule has 92 valence electrons. The number of hydrogen-bond acceptors (Lipinski definition) is 2. The molecule has 0 spiro atoms. The smallest absolute Gasteiger partial charge is 0.0751 e. The minimum absolute atomic E-state index is 0.111. The van der Waals surface area contributed by atoms with Crippen molar-refractivity contribution in [3.63, 3.8) is 0 Å². The Labute approximate surface area is 94.7 Å². The van der Waals surface area contributed by atoms with E-state index in [9.17, 15) is 9.90 Å². The van der Waals surface area contributed by atoms with Crippen LogP contribution in [-0.4, -0.2) is 38.1 Å². The Balaban J connectivity index is 0. The summed E-state index contributed by atoms with van der Waals surface area (Å²) >= 11 is 0. The first-order valence-electron chi connectivity index (χ1n) is 5.48. The molecular formula is C12H27NO2. The van der Waals surface area contributed by atoms with Crippen LogP contribution in [0.4, 0.5) is 0 Å². The summed E-state index contributed by atoms with van der Waals surface area (Å²) in [5, 5.41) is 9.93. The van der Waals surface area contributed by atoms with Crippen molar-refractivity contribution in [1.82, 2.24) is 0 Å². The summed E-state index contributed by atoms with van der Waals surface area (Å²) < 4.78 is 1.07. The van der Waals surface area contributed by atoms with Crippen LogP contribution < -0.4 is 5.11 Å². The van der Waals surface area contributed by atoms with Gasteiger partial charge in [-0.25, -0.2) is 0 Å². The van der Waals surface area contributed by atoms with Crippen molar-refractivity contribution in [1.29, 1.82) is 0 Å². The van der Waals surface area contributed by atoms with Crippen LogP contribution in [0.15, 0.2) is 0 Å². The highest BCUT2D eigenvalue weighted by molar-refractivity contribution is 5.64. The Hall–Kier alpha value is -0.570. The lowest BCUT2D eigenvalue weighted by Gasteiger charge is -2.20. The molecule has 0 bridgehead atoms. The number of carboxylic acid groups (broad SMARTS) is 1. The van der Waals surface area contributed by atoms with Gasteiger partial charge in [0.2, 0.25) is 0 Å². The van der Waals surface area contributed by atoms with Gasteiger partial charge in [-0.15, -0.1) is 0 Å². The van der Waals surface area contributed by atoms with Crippen molar-refractivity contribution in [2.24, 2.45) is 5.41 Å². The fourth-order valence-corrected chi connectivity index (χ4v) is 0.477. The van der Waals surface area contributed by atoms with Crippen LogP contribution in [0.1, 0.15) is 40.5 Å². The van der Waals surface area contributed by atoms with Crippen LogP contribution in [0, 0.1) is 5.41 Å². The number of rotatable bonds is 3. The summed E-state index contributed by atoms with van der Waals surface area (Å²) in [5.74, 6) is -0.954. The summed E-state index contributed by atoms with van der Waals surface area (Å²) in [5.41, 5.74) is 0.111. The Kier molecular flexibility index (Phi) is 7.67. The number of quaternary nitrogens is 1. The second-order valence-electron chi connectivity index (χ2n) is 6.04. The average molecular weight is 217 g/mol. The highest BCUT2D eigenvalue weighted by atomic mass is 16.4. The fraction of sp³-hybridized carbons (Fsp3) is 0.917. The Morgan fingerprint density at radius 2 is 1.53 bits per heavy atom. The molecule has 3 heteroatoms. The molecule has 0 rings (SSSR count). The van der Waals surface area contributed by atoms with E-state index in [4.69, 9.17) is 0 Å². The monoisotopic (exact) mass is 217 g/mol. The van der Waals surface area contributed by atoms with E-state index in [-0.39, 0.29) is 11.8 Å². The van der Waals surface area contributed by atoms with Gasteiger partial charge in [-0.2, -0.15) is 0 Å². The van der Waals surface area contributed by atoms with Gasteiger partial charge in [0.05, 0.1) is 27.7 Å². The molecule has 0 saturated carbocycles. The highest BCUT2D eigenvalue weighted by Crippen LogP contribution is 2.19. The maximum Gasteiger partial charge on any atom is 0.0751 e. The van der Waals surface area contributed by atoms with Gasteiger partial charge < -0.3 is 14.4 Å². The van der Waals surface area contributed by atoms with Crippen LogP contribution in [-0.2, 0) is 4.79 Å². The summed E-state index contributed by atoms with van der Waals surface area (Å²) in [4.78, 5) is 9.93. The molecule has 0 aromatic heterocycles. The molecule has 0 unspecified atom stereocenters. The quantitative estimate of drug-likeness (QED) is 0.668. The first kappa shape index (κ1) is 16.8. The molecule has 0 amide bonds. The molecule has 0 aliphatic heterocycles. The lowest BCUT2D eigenvalue weighted by atomic mass is 9.91. The summed E-state index contributed by atoms with van der Waals surface area (Å²) in [6, 6.07) is 0. The van der Waals surface area contributed by atoms with Crippen molar-refractivity contribution in [3.8, 4) is 0 Å².